The van der Waals surface area contributed by atoms with E-state index in [1.54, 1.807) is 0 Å². The molecule has 0 bridgehead atoms. The van der Waals surface area contributed by atoms with Crippen molar-refractivity contribution in [2.24, 2.45) is 11.7 Å². The Morgan fingerprint density at radius 1 is 1.29 bits per heavy atom. The molecule has 0 spiro atoms. The zero-order chi connectivity index (χ0) is 15.4. The highest BCUT2D eigenvalue weighted by Gasteiger charge is 2.28. The number of primary amides is 1. The normalized spacial score (nSPS) is 18.6. The first-order valence-corrected chi connectivity index (χ1v) is 7.33. The summed E-state index contributed by atoms with van der Waals surface area (Å²) in [4.78, 5) is 24.8. The van der Waals surface area contributed by atoms with Gasteiger partial charge >= 0.3 is 12.0 Å². The number of likely N-dealkylation sites (tertiary alicyclic amines) is 1. The molecule has 1 unspecified atom stereocenters. The van der Waals surface area contributed by atoms with E-state index in [1.165, 1.54) is 10.5 Å². The molecule has 2 rings (SSSR count). The molecule has 5 heteroatoms. The molecule has 0 saturated carbocycles. The maximum atomic E-state index is 12.2. The van der Waals surface area contributed by atoms with Crippen LogP contribution in [0, 0.1) is 5.92 Å². The van der Waals surface area contributed by atoms with E-state index in [9.17, 15) is 9.59 Å². The molecule has 1 aromatic rings. The second-order valence-electron chi connectivity index (χ2n) is 5.77. The molecule has 0 aliphatic carbocycles. The lowest BCUT2D eigenvalue weighted by atomic mass is 9.98. The fourth-order valence-electron chi connectivity index (χ4n) is 2.49. The van der Waals surface area contributed by atoms with Gasteiger partial charge in [0.1, 0.15) is 5.75 Å². The Kier molecular flexibility index (Phi) is 4.83. The molecule has 1 aliphatic rings. The van der Waals surface area contributed by atoms with Gasteiger partial charge in [-0.3, -0.25) is 4.79 Å². The van der Waals surface area contributed by atoms with Gasteiger partial charge in [0, 0.05) is 13.1 Å². The summed E-state index contributed by atoms with van der Waals surface area (Å²) in [6, 6.07) is 7.06. The molecule has 21 heavy (non-hydrogen) atoms. The molecule has 1 aliphatic heterocycles. The molecule has 114 valence electrons. The van der Waals surface area contributed by atoms with E-state index in [-0.39, 0.29) is 11.9 Å². The monoisotopic (exact) mass is 290 g/mol. The summed E-state index contributed by atoms with van der Waals surface area (Å²) >= 11 is 0. The molecule has 5 nitrogen and oxygen atoms in total. The zero-order valence-corrected chi connectivity index (χ0v) is 12.5. The van der Waals surface area contributed by atoms with Crippen molar-refractivity contribution in [1.29, 1.82) is 0 Å². The van der Waals surface area contributed by atoms with Gasteiger partial charge in [-0.1, -0.05) is 26.0 Å². The molecule has 1 fully saturated rings. The second-order valence-corrected chi connectivity index (χ2v) is 5.77. The molecule has 1 aromatic carbocycles. The fourth-order valence-corrected chi connectivity index (χ4v) is 2.49. The van der Waals surface area contributed by atoms with E-state index < -0.39 is 6.03 Å². The van der Waals surface area contributed by atoms with Crippen LogP contribution in [0.4, 0.5) is 4.79 Å². The third-order valence-corrected chi connectivity index (χ3v) is 3.83. The lowest BCUT2D eigenvalue weighted by Crippen LogP contribution is -2.45. The topological polar surface area (TPSA) is 72.6 Å². The Morgan fingerprint density at radius 2 is 1.95 bits per heavy atom. The number of nitrogens with zero attached hydrogens (tertiary/aromatic N) is 1. The van der Waals surface area contributed by atoms with E-state index in [2.05, 4.69) is 13.8 Å². The molecule has 0 aromatic heterocycles. The largest absolute Gasteiger partial charge is 0.426 e. The quantitative estimate of drug-likeness (QED) is 0.686. The number of hydrogen-bond acceptors (Lipinski definition) is 3. The van der Waals surface area contributed by atoms with Gasteiger partial charge in [-0.05, 0) is 36.5 Å². The first kappa shape index (κ1) is 15.4. The average molecular weight is 290 g/mol. The number of carbonyl (C=O) groups is 2. The predicted octanol–water partition coefficient (Wildman–Crippen LogP) is 2.51. The fraction of sp³-hybridized carbons (Fsp3) is 0.500. The SMILES string of the molecule is CC(C)c1ccc(OC(=O)C2CCCN(C(N)=O)C2)cc1. The van der Waals surface area contributed by atoms with Gasteiger partial charge in [0.25, 0.3) is 0 Å². The number of urea groups is 1. The molecule has 2 amide bonds. The summed E-state index contributed by atoms with van der Waals surface area (Å²) in [6.07, 6.45) is 1.50. The Labute approximate surface area is 125 Å². The molecule has 0 radical (unpaired) electrons. The molecular formula is C16H22N2O3. The van der Waals surface area contributed by atoms with Crippen molar-refractivity contribution in [2.45, 2.75) is 32.6 Å². The van der Waals surface area contributed by atoms with E-state index in [0.29, 0.717) is 24.8 Å². The number of hydrogen-bond donors (Lipinski definition) is 1. The highest BCUT2D eigenvalue weighted by Crippen LogP contribution is 2.22. The van der Waals surface area contributed by atoms with Crippen LogP contribution < -0.4 is 10.5 Å². The molecular weight excluding hydrogens is 268 g/mol. The minimum Gasteiger partial charge on any atom is -0.426 e. The molecule has 1 heterocycles. The van der Waals surface area contributed by atoms with Crippen LogP contribution in [0.5, 0.6) is 5.75 Å². The van der Waals surface area contributed by atoms with Crippen LogP contribution in [0.1, 0.15) is 38.2 Å². The van der Waals surface area contributed by atoms with E-state index in [0.717, 1.165) is 12.8 Å². The van der Waals surface area contributed by atoms with Crippen molar-refractivity contribution in [1.82, 2.24) is 4.90 Å². The Bertz CT molecular complexity index is 511. The van der Waals surface area contributed by atoms with Gasteiger partial charge in [0.05, 0.1) is 5.92 Å². The van der Waals surface area contributed by atoms with Crippen LogP contribution in [0.3, 0.4) is 0 Å². The first-order valence-electron chi connectivity index (χ1n) is 7.33. The maximum absolute atomic E-state index is 12.2. The number of nitrogens with two attached hydrogens (primary N) is 1. The van der Waals surface area contributed by atoms with Crippen LogP contribution in [0.25, 0.3) is 0 Å². The number of ether oxygens (including phenoxy) is 1. The summed E-state index contributed by atoms with van der Waals surface area (Å²) in [7, 11) is 0. The Hall–Kier alpha value is -2.04. The van der Waals surface area contributed by atoms with Crippen molar-refractivity contribution in [2.75, 3.05) is 13.1 Å². The number of piperidine rings is 1. The van der Waals surface area contributed by atoms with E-state index in [1.807, 2.05) is 24.3 Å². The first-order chi connectivity index (χ1) is 9.97. The number of benzene rings is 1. The van der Waals surface area contributed by atoms with Crippen LogP contribution in [-0.2, 0) is 4.79 Å². The van der Waals surface area contributed by atoms with Crippen LogP contribution >= 0.6 is 0 Å². The summed E-state index contributed by atoms with van der Waals surface area (Å²) in [6.45, 7) is 5.18. The summed E-state index contributed by atoms with van der Waals surface area (Å²) in [5, 5.41) is 0. The molecule has 2 N–H and O–H groups in total. The molecule has 1 atom stereocenters. The minimum atomic E-state index is -0.478. The summed E-state index contributed by atoms with van der Waals surface area (Å²) in [5.74, 6) is 0.395. The van der Waals surface area contributed by atoms with Gasteiger partial charge in [0.15, 0.2) is 0 Å². The second kappa shape index (κ2) is 6.61. The lowest BCUT2D eigenvalue weighted by molar-refractivity contribution is -0.140. The van der Waals surface area contributed by atoms with Gasteiger partial charge in [-0.25, -0.2) is 4.79 Å². The number of amides is 2. The summed E-state index contributed by atoms with van der Waals surface area (Å²) < 4.78 is 5.40. The highest BCUT2D eigenvalue weighted by atomic mass is 16.5. The van der Waals surface area contributed by atoms with Gasteiger partial charge < -0.3 is 15.4 Å². The maximum Gasteiger partial charge on any atom is 0.316 e. The Balaban J connectivity index is 1.96. The lowest BCUT2D eigenvalue weighted by Gasteiger charge is -2.30. The molecule has 1 saturated heterocycles. The number of rotatable bonds is 3. The Morgan fingerprint density at radius 3 is 2.52 bits per heavy atom. The summed E-state index contributed by atoms with van der Waals surface area (Å²) in [5.41, 5.74) is 6.46. The highest BCUT2D eigenvalue weighted by molar-refractivity contribution is 5.77. The predicted molar refractivity (Wildman–Crippen MR) is 80.0 cm³/mol. The van der Waals surface area contributed by atoms with Crippen molar-refractivity contribution < 1.29 is 14.3 Å². The van der Waals surface area contributed by atoms with Crippen molar-refractivity contribution in [3.05, 3.63) is 29.8 Å². The number of esters is 1. The third-order valence-electron chi connectivity index (χ3n) is 3.83. The zero-order valence-electron chi connectivity index (χ0n) is 12.5. The number of carbonyl (C=O) groups excluding carboxylic acids is 2. The van der Waals surface area contributed by atoms with Crippen molar-refractivity contribution in [3.8, 4) is 5.75 Å². The standard InChI is InChI=1S/C16H22N2O3/c1-11(2)12-5-7-14(8-6-12)21-15(19)13-4-3-9-18(10-13)16(17)20/h5-8,11,13H,3-4,9-10H2,1-2H3,(H2,17,20). The average Bonchev–Trinajstić information content (AvgIpc) is 2.48. The van der Waals surface area contributed by atoms with Crippen LogP contribution in [0.15, 0.2) is 24.3 Å². The van der Waals surface area contributed by atoms with Gasteiger partial charge in [-0.2, -0.15) is 0 Å². The minimum absolute atomic E-state index is 0.293. The van der Waals surface area contributed by atoms with Gasteiger partial charge in [0.2, 0.25) is 0 Å². The third kappa shape index (κ3) is 3.97. The van der Waals surface area contributed by atoms with Crippen LogP contribution in [-0.4, -0.2) is 30.0 Å². The van der Waals surface area contributed by atoms with E-state index in [4.69, 9.17) is 10.5 Å². The van der Waals surface area contributed by atoms with E-state index >= 15 is 0 Å². The van der Waals surface area contributed by atoms with Crippen LogP contribution in [0.2, 0.25) is 0 Å². The van der Waals surface area contributed by atoms with Crippen molar-refractivity contribution in [3.63, 3.8) is 0 Å². The van der Waals surface area contributed by atoms with Gasteiger partial charge in [-0.15, -0.1) is 0 Å². The smallest absolute Gasteiger partial charge is 0.316 e. The van der Waals surface area contributed by atoms with Crippen molar-refractivity contribution >= 4 is 12.0 Å².